The molecular formula is C10H15F3N4O3. The van der Waals surface area contributed by atoms with Crippen molar-refractivity contribution in [2.45, 2.75) is 32.7 Å². The Hall–Kier alpha value is -2.13. The SMILES string of the molecule is Cn1nc(OC(F)(F)F)cc1NNC(=O)OC(C)(C)C. The highest BCUT2D eigenvalue weighted by molar-refractivity contribution is 5.69. The first-order valence-corrected chi connectivity index (χ1v) is 5.51. The molecule has 0 aliphatic heterocycles. The standard InChI is InChI=1S/C10H15F3N4O3/c1-9(2,3)20-8(18)15-14-6-5-7(16-17(6)4)19-10(11,12)13/h5,14H,1-4H3,(H,15,18). The number of amides is 1. The van der Waals surface area contributed by atoms with Crippen LogP contribution in [0.5, 0.6) is 5.88 Å². The van der Waals surface area contributed by atoms with Crippen LogP contribution in [0.15, 0.2) is 6.07 Å². The van der Waals surface area contributed by atoms with Crippen LogP contribution in [0.2, 0.25) is 0 Å². The van der Waals surface area contributed by atoms with Gasteiger partial charge in [-0.25, -0.2) is 14.9 Å². The highest BCUT2D eigenvalue weighted by Gasteiger charge is 2.32. The summed E-state index contributed by atoms with van der Waals surface area (Å²) in [5, 5.41) is 3.47. The maximum Gasteiger partial charge on any atom is 0.574 e. The van der Waals surface area contributed by atoms with Crippen LogP contribution in [-0.2, 0) is 11.8 Å². The largest absolute Gasteiger partial charge is 0.574 e. The number of hydrogen-bond donors (Lipinski definition) is 2. The summed E-state index contributed by atoms with van der Waals surface area (Å²) in [5.74, 6) is -0.552. The number of alkyl halides is 3. The molecule has 0 aliphatic rings. The minimum atomic E-state index is -4.83. The molecule has 10 heteroatoms. The molecule has 0 atom stereocenters. The van der Waals surface area contributed by atoms with Crippen LogP contribution in [0.25, 0.3) is 0 Å². The maximum absolute atomic E-state index is 12.0. The van der Waals surface area contributed by atoms with Crippen molar-refractivity contribution in [3.05, 3.63) is 6.07 Å². The van der Waals surface area contributed by atoms with Gasteiger partial charge in [0.1, 0.15) is 11.4 Å². The Bertz CT molecular complexity index is 479. The molecule has 1 aromatic heterocycles. The van der Waals surface area contributed by atoms with Crippen molar-refractivity contribution < 1.29 is 27.4 Å². The summed E-state index contributed by atoms with van der Waals surface area (Å²) in [5.41, 5.74) is 3.84. The molecular weight excluding hydrogens is 281 g/mol. The molecule has 1 rings (SSSR count). The highest BCUT2D eigenvalue weighted by Crippen LogP contribution is 2.23. The summed E-state index contributed by atoms with van der Waals surface area (Å²) in [6.45, 7) is 5.02. The number of nitrogens with zero attached hydrogens (tertiary/aromatic N) is 2. The van der Waals surface area contributed by atoms with E-state index in [1.54, 1.807) is 20.8 Å². The van der Waals surface area contributed by atoms with Crippen molar-refractivity contribution in [3.8, 4) is 5.88 Å². The summed E-state index contributed by atoms with van der Waals surface area (Å²) in [7, 11) is 1.38. The Kier molecular flexibility index (Phi) is 4.36. The van der Waals surface area contributed by atoms with Gasteiger partial charge >= 0.3 is 12.5 Å². The molecule has 0 aliphatic carbocycles. The van der Waals surface area contributed by atoms with Crippen molar-refractivity contribution in [1.82, 2.24) is 15.2 Å². The fraction of sp³-hybridized carbons (Fsp3) is 0.600. The fourth-order valence-electron chi connectivity index (χ4n) is 1.15. The van der Waals surface area contributed by atoms with E-state index in [2.05, 4.69) is 20.7 Å². The predicted molar refractivity (Wildman–Crippen MR) is 62.9 cm³/mol. The van der Waals surface area contributed by atoms with Crippen LogP contribution >= 0.6 is 0 Å². The first-order valence-electron chi connectivity index (χ1n) is 5.51. The first kappa shape index (κ1) is 15.9. The van der Waals surface area contributed by atoms with E-state index in [0.717, 1.165) is 10.7 Å². The lowest BCUT2D eigenvalue weighted by Crippen LogP contribution is -2.36. The van der Waals surface area contributed by atoms with Crippen molar-refractivity contribution >= 4 is 11.9 Å². The third-order valence-corrected chi connectivity index (χ3v) is 1.77. The van der Waals surface area contributed by atoms with Gasteiger partial charge < -0.3 is 9.47 Å². The minimum Gasteiger partial charge on any atom is -0.443 e. The summed E-state index contributed by atoms with van der Waals surface area (Å²) in [4.78, 5) is 11.3. The second kappa shape index (κ2) is 5.47. The second-order valence-corrected chi connectivity index (χ2v) is 4.79. The zero-order chi connectivity index (χ0) is 15.6. The molecule has 1 heterocycles. The average Bonchev–Trinajstić information content (AvgIpc) is 2.50. The Balaban J connectivity index is 2.59. The Morgan fingerprint density at radius 2 is 1.95 bits per heavy atom. The number of hydrogen-bond acceptors (Lipinski definition) is 5. The average molecular weight is 296 g/mol. The molecule has 0 unspecified atom stereocenters. The molecule has 0 fully saturated rings. The van der Waals surface area contributed by atoms with Gasteiger partial charge in [-0.2, -0.15) is 0 Å². The normalized spacial score (nSPS) is 11.9. The molecule has 1 aromatic rings. The molecule has 20 heavy (non-hydrogen) atoms. The molecule has 114 valence electrons. The zero-order valence-corrected chi connectivity index (χ0v) is 11.3. The predicted octanol–water partition coefficient (Wildman–Crippen LogP) is 2.17. The first-order chi connectivity index (χ1) is 8.96. The number of nitrogens with one attached hydrogen (secondary N) is 2. The van der Waals surface area contributed by atoms with Crippen molar-refractivity contribution in [2.75, 3.05) is 5.43 Å². The van der Waals surface area contributed by atoms with Gasteiger partial charge in [0, 0.05) is 13.1 Å². The van der Waals surface area contributed by atoms with Crippen LogP contribution in [0.3, 0.4) is 0 Å². The van der Waals surface area contributed by atoms with Crippen LogP contribution in [0.1, 0.15) is 20.8 Å². The Morgan fingerprint density at radius 3 is 2.45 bits per heavy atom. The molecule has 2 N–H and O–H groups in total. The van der Waals surface area contributed by atoms with E-state index >= 15 is 0 Å². The van der Waals surface area contributed by atoms with Crippen LogP contribution in [0, 0.1) is 0 Å². The smallest absolute Gasteiger partial charge is 0.443 e. The lowest BCUT2D eigenvalue weighted by Gasteiger charge is -2.19. The Morgan fingerprint density at radius 1 is 1.35 bits per heavy atom. The van der Waals surface area contributed by atoms with Crippen molar-refractivity contribution in [1.29, 1.82) is 0 Å². The van der Waals surface area contributed by atoms with Gasteiger partial charge in [-0.05, 0) is 20.8 Å². The number of anilines is 1. The lowest BCUT2D eigenvalue weighted by atomic mass is 10.2. The summed E-state index contributed by atoms with van der Waals surface area (Å²) >= 11 is 0. The fourth-order valence-corrected chi connectivity index (χ4v) is 1.15. The second-order valence-electron chi connectivity index (χ2n) is 4.79. The number of carbonyl (C=O) groups excluding carboxylic acids is 1. The van der Waals surface area contributed by atoms with E-state index < -0.39 is 23.9 Å². The quantitative estimate of drug-likeness (QED) is 0.836. The number of halogens is 3. The van der Waals surface area contributed by atoms with Crippen molar-refractivity contribution in [3.63, 3.8) is 0 Å². The van der Waals surface area contributed by atoms with Gasteiger partial charge in [0.25, 0.3) is 0 Å². The maximum atomic E-state index is 12.0. The third-order valence-electron chi connectivity index (χ3n) is 1.77. The van der Waals surface area contributed by atoms with Crippen molar-refractivity contribution in [2.24, 2.45) is 7.05 Å². The molecule has 0 bridgehead atoms. The highest BCUT2D eigenvalue weighted by atomic mass is 19.4. The van der Waals surface area contributed by atoms with Gasteiger partial charge in [0.15, 0.2) is 0 Å². The zero-order valence-electron chi connectivity index (χ0n) is 11.3. The van der Waals surface area contributed by atoms with Gasteiger partial charge in [0.05, 0.1) is 0 Å². The van der Waals surface area contributed by atoms with Gasteiger partial charge in [0.2, 0.25) is 5.88 Å². The van der Waals surface area contributed by atoms with E-state index in [0.29, 0.717) is 0 Å². The summed E-state index contributed by atoms with van der Waals surface area (Å²) in [6.07, 6.45) is -5.61. The monoisotopic (exact) mass is 296 g/mol. The summed E-state index contributed by atoms with van der Waals surface area (Å²) in [6, 6.07) is 0.977. The molecule has 0 aromatic carbocycles. The van der Waals surface area contributed by atoms with Crippen LogP contribution in [-0.4, -0.2) is 27.8 Å². The third kappa shape index (κ3) is 5.67. The van der Waals surface area contributed by atoms with E-state index in [9.17, 15) is 18.0 Å². The molecule has 0 radical (unpaired) electrons. The lowest BCUT2D eigenvalue weighted by molar-refractivity contribution is -0.276. The number of hydrazine groups is 1. The number of carbonyl (C=O) groups is 1. The number of ether oxygens (including phenoxy) is 2. The van der Waals surface area contributed by atoms with Gasteiger partial charge in [-0.1, -0.05) is 0 Å². The van der Waals surface area contributed by atoms with Crippen LogP contribution in [0.4, 0.5) is 23.8 Å². The van der Waals surface area contributed by atoms with E-state index in [-0.39, 0.29) is 5.82 Å². The minimum absolute atomic E-state index is 0.0927. The van der Waals surface area contributed by atoms with Gasteiger partial charge in [-0.15, -0.1) is 18.3 Å². The summed E-state index contributed by atoms with van der Waals surface area (Å²) < 4.78 is 45.6. The van der Waals surface area contributed by atoms with Gasteiger partial charge in [-0.3, -0.25) is 5.43 Å². The van der Waals surface area contributed by atoms with E-state index in [1.807, 2.05) is 0 Å². The molecule has 0 saturated heterocycles. The van der Waals surface area contributed by atoms with E-state index in [1.165, 1.54) is 7.05 Å². The van der Waals surface area contributed by atoms with Crippen LogP contribution < -0.4 is 15.6 Å². The Labute approximate surface area is 113 Å². The molecule has 7 nitrogen and oxygen atoms in total. The number of aryl methyl sites for hydroxylation is 1. The topological polar surface area (TPSA) is 77.4 Å². The van der Waals surface area contributed by atoms with E-state index in [4.69, 9.17) is 4.74 Å². The number of aromatic nitrogens is 2. The number of rotatable bonds is 3. The molecule has 1 amide bonds. The molecule has 0 saturated carbocycles. The molecule has 0 spiro atoms.